The maximum Gasteiger partial charge on any atom is 0.240 e. The Morgan fingerprint density at radius 2 is 2.00 bits per heavy atom. The first-order chi connectivity index (χ1) is 5.37. The molecule has 1 saturated carbocycles. The first-order valence-electron chi connectivity index (χ1n) is 3.93. The van der Waals surface area contributed by atoms with Crippen LogP contribution in [0.25, 0.3) is 0 Å². The maximum atomic E-state index is 11.0. The molecule has 5 heteroatoms. The fraction of sp³-hybridized carbons (Fsp3) is 1.00. The van der Waals surface area contributed by atoms with E-state index in [1.807, 2.05) is 13.8 Å². The zero-order valence-electron chi connectivity index (χ0n) is 7.21. The van der Waals surface area contributed by atoms with Crippen LogP contribution in [0.2, 0.25) is 0 Å². The Hall–Kier alpha value is 0.200. The van der Waals surface area contributed by atoms with Crippen LogP contribution in [0.3, 0.4) is 0 Å². The van der Waals surface area contributed by atoms with Crippen molar-refractivity contribution in [3.63, 3.8) is 0 Å². The van der Waals surface area contributed by atoms with Gasteiger partial charge in [-0.2, -0.15) is 0 Å². The molecule has 0 aliphatic heterocycles. The highest BCUT2D eigenvalue weighted by Gasteiger charge is 2.54. The summed E-state index contributed by atoms with van der Waals surface area (Å²) >= 11 is 0. The average Bonchev–Trinajstić information content (AvgIpc) is 2.60. The van der Waals surface area contributed by atoms with Crippen LogP contribution in [-0.4, -0.2) is 25.9 Å². The summed E-state index contributed by atoms with van der Waals surface area (Å²) in [6.07, 6.45) is 1.32. The topological polar surface area (TPSA) is 43.4 Å². The van der Waals surface area contributed by atoms with Gasteiger partial charge in [0.1, 0.15) is 4.75 Å². The Kier molecular flexibility index (Phi) is 2.71. The van der Waals surface area contributed by atoms with Gasteiger partial charge in [-0.05, 0) is 26.7 Å². The Morgan fingerprint density at radius 1 is 1.50 bits per heavy atom. The quantitative estimate of drug-likeness (QED) is 0.664. The maximum absolute atomic E-state index is 11.0. The molecule has 0 amide bonds. The Bertz CT molecular complexity index is 254. The van der Waals surface area contributed by atoms with Gasteiger partial charge in [-0.3, -0.25) is 0 Å². The van der Waals surface area contributed by atoms with E-state index in [0.717, 1.165) is 0 Å². The van der Waals surface area contributed by atoms with Gasteiger partial charge in [0, 0.05) is 10.7 Å². The van der Waals surface area contributed by atoms with Gasteiger partial charge in [0.2, 0.25) is 9.05 Å². The molecule has 1 rings (SSSR count). The first kappa shape index (κ1) is 10.3. The molecule has 1 aliphatic carbocycles. The lowest BCUT2D eigenvalue weighted by Crippen LogP contribution is -2.26. The predicted octanol–water partition coefficient (Wildman–Crippen LogP) is 1.51. The molecule has 72 valence electrons. The summed E-state index contributed by atoms with van der Waals surface area (Å²) in [5.74, 6) is 0. The fourth-order valence-corrected chi connectivity index (χ4v) is 2.31. The Morgan fingerprint density at radius 3 is 2.25 bits per heavy atom. The third kappa shape index (κ3) is 2.12. The number of ether oxygens (including phenoxy) is 1. The molecule has 0 radical (unpaired) electrons. The molecule has 0 N–H and O–H groups in total. The molecule has 0 bridgehead atoms. The van der Waals surface area contributed by atoms with E-state index >= 15 is 0 Å². The van der Waals surface area contributed by atoms with Crippen LogP contribution in [0.5, 0.6) is 0 Å². The summed E-state index contributed by atoms with van der Waals surface area (Å²) in [6, 6.07) is 0. The van der Waals surface area contributed by atoms with Gasteiger partial charge in [0.15, 0.2) is 0 Å². The molecule has 0 heterocycles. The van der Waals surface area contributed by atoms with Gasteiger partial charge in [-0.1, -0.05) is 0 Å². The number of hydrogen-bond donors (Lipinski definition) is 0. The molecular formula is C7H13ClO3S. The molecule has 0 atom stereocenters. The van der Waals surface area contributed by atoms with Crippen LogP contribution in [0.4, 0.5) is 0 Å². The summed E-state index contributed by atoms with van der Waals surface area (Å²) in [5, 5.41) is 0. The van der Waals surface area contributed by atoms with Crippen LogP contribution in [-0.2, 0) is 13.8 Å². The lowest BCUT2D eigenvalue weighted by atomic mass is 10.4. The van der Waals surface area contributed by atoms with E-state index in [1.165, 1.54) is 0 Å². The van der Waals surface area contributed by atoms with Crippen molar-refractivity contribution >= 4 is 19.7 Å². The molecule has 12 heavy (non-hydrogen) atoms. The molecule has 0 aromatic carbocycles. The van der Waals surface area contributed by atoms with Crippen molar-refractivity contribution in [1.29, 1.82) is 0 Å². The van der Waals surface area contributed by atoms with Gasteiger partial charge < -0.3 is 4.74 Å². The monoisotopic (exact) mass is 212 g/mol. The second-order valence-corrected chi connectivity index (χ2v) is 6.44. The third-order valence-corrected chi connectivity index (χ3v) is 4.55. The zero-order chi connectivity index (χ0) is 9.41. The van der Waals surface area contributed by atoms with Gasteiger partial charge in [0.05, 0.1) is 12.7 Å². The molecule has 0 saturated heterocycles. The highest BCUT2D eigenvalue weighted by Crippen LogP contribution is 2.45. The summed E-state index contributed by atoms with van der Waals surface area (Å²) in [5.41, 5.74) is 0. The van der Waals surface area contributed by atoms with E-state index in [1.54, 1.807) is 0 Å². The van der Waals surface area contributed by atoms with Crippen molar-refractivity contribution in [2.75, 3.05) is 6.61 Å². The zero-order valence-corrected chi connectivity index (χ0v) is 8.78. The number of rotatable bonds is 4. The SMILES string of the molecule is CC(C)OCC1(S(=O)(=O)Cl)CC1. The van der Waals surface area contributed by atoms with Crippen molar-refractivity contribution in [1.82, 2.24) is 0 Å². The van der Waals surface area contributed by atoms with E-state index in [0.29, 0.717) is 12.8 Å². The van der Waals surface area contributed by atoms with E-state index in [9.17, 15) is 8.42 Å². The lowest BCUT2D eigenvalue weighted by Gasteiger charge is -2.13. The van der Waals surface area contributed by atoms with Gasteiger partial charge >= 0.3 is 0 Å². The molecule has 3 nitrogen and oxygen atoms in total. The van der Waals surface area contributed by atoms with Crippen LogP contribution >= 0.6 is 10.7 Å². The fourth-order valence-electron chi connectivity index (χ4n) is 0.916. The van der Waals surface area contributed by atoms with Crippen molar-refractivity contribution in [2.24, 2.45) is 0 Å². The van der Waals surface area contributed by atoms with E-state index in [2.05, 4.69) is 0 Å². The number of halogens is 1. The minimum absolute atomic E-state index is 0.0564. The normalized spacial score (nSPS) is 21.3. The summed E-state index contributed by atoms with van der Waals surface area (Å²) < 4.78 is 26.5. The summed E-state index contributed by atoms with van der Waals surface area (Å²) in [4.78, 5) is 0. The minimum Gasteiger partial charge on any atom is -0.377 e. The largest absolute Gasteiger partial charge is 0.377 e. The van der Waals surface area contributed by atoms with Crippen molar-refractivity contribution in [3.8, 4) is 0 Å². The van der Waals surface area contributed by atoms with Crippen LogP contribution in [0.1, 0.15) is 26.7 Å². The minimum atomic E-state index is -3.44. The molecule has 0 aromatic heterocycles. The highest BCUT2D eigenvalue weighted by molar-refractivity contribution is 8.15. The first-order valence-corrected chi connectivity index (χ1v) is 6.24. The number of hydrogen-bond acceptors (Lipinski definition) is 3. The molecular weight excluding hydrogens is 200 g/mol. The van der Waals surface area contributed by atoms with E-state index in [4.69, 9.17) is 15.4 Å². The standard InChI is InChI=1S/C7H13ClO3S/c1-6(2)11-5-7(3-4-7)12(8,9)10/h6H,3-5H2,1-2H3. The smallest absolute Gasteiger partial charge is 0.240 e. The van der Waals surface area contributed by atoms with E-state index in [-0.39, 0.29) is 12.7 Å². The second kappa shape index (κ2) is 3.16. The lowest BCUT2D eigenvalue weighted by molar-refractivity contribution is 0.0755. The molecule has 1 fully saturated rings. The van der Waals surface area contributed by atoms with Crippen molar-refractivity contribution in [3.05, 3.63) is 0 Å². The molecule has 0 spiro atoms. The summed E-state index contributed by atoms with van der Waals surface area (Å²) in [7, 11) is 1.82. The van der Waals surface area contributed by atoms with Crippen LogP contribution in [0, 0.1) is 0 Å². The molecule has 0 aromatic rings. The summed E-state index contributed by atoms with van der Waals surface area (Å²) in [6.45, 7) is 3.98. The van der Waals surface area contributed by atoms with Gasteiger partial charge in [-0.15, -0.1) is 0 Å². The molecule has 0 unspecified atom stereocenters. The van der Waals surface area contributed by atoms with E-state index < -0.39 is 13.8 Å². The van der Waals surface area contributed by atoms with Gasteiger partial charge in [-0.25, -0.2) is 8.42 Å². The third-order valence-electron chi connectivity index (χ3n) is 2.00. The van der Waals surface area contributed by atoms with Crippen molar-refractivity contribution < 1.29 is 13.2 Å². The second-order valence-electron chi connectivity index (χ2n) is 3.48. The predicted molar refractivity (Wildman–Crippen MR) is 47.8 cm³/mol. The van der Waals surface area contributed by atoms with Crippen molar-refractivity contribution in [2.45, 2.75) is 37.5 Å². The van der Waals surface area contributed by atoms with Gasteiger partial charge in [0.25, 0.3) is 0 Å². The molecule has 1 aliphatic rings. The Balaban J connectivity index is 2.52. The average molecular weight is 213 g/mol. The Labute approximate surface area is 77.5 Å². The van der Waals surface area contributed by atoms with Crippen LogP contribution in [0.15, 0.2) is 0 Å². The highest BCUT2D eigenvalue weighted by atomic mass is 35.7. The van der Waals surface area contributed by atoms with Crippen LogP contribution < -0.4 is 0 Å².